The lowest BCUT2D eigenvalue weighted by atomic mass is 10.1. The van der Waals surface area contributed by atoms with Crippen molar-refractivity contribution in [3.8, 4) is 17.0 Å². The Hall–Kier alpha value is -1.68. The Balaban J connectivity index is 2.60. The van der Waals surface area contributed by atoms with E-state index in [9.17, 15) is 0 Å². The Bertz CT molecular complexity index is 516. The molecule has 2 rings (SSSR count). The molecule has 0 unspecified atom stereocenters. The lowest BCUT2D eigenvalue weighted by molar-refractivity contribution is 0.413. The minimum absolute atomic E-state index is 0.307. The molecule has 0 atom stereocenters. The van der Waals surface area contributed by atoms with E-state index in [0.717, 1.165) is 11.3 Å². The zero-order valence-corrected chi connectivity index (χ0v) is 9.69. The van der Waals surface area contributed by atoms with Crippen LogP contribution in [0.4, 0.5) is 0 Å². The Kier molecular flexibility index (Phi) is 3.01. The Morgan fingerprint density at radius 1 is 1.25 bits per heavy atom. The highest BCUT2D eigenvalue weighted by Crippen LogP contribution is 2.32. The van der Waals surface area contributed by atoms with Crippen LogP contribution in [-0.4, -0.2) is 22.1 Å². The molecule has 2 aromatic rings. The van der Waals surface area contributed by atoms with Crippen LogP contribution in [-0.2, 0) is 0 Å². The zero-order valence-electron chi connectivity index (χ0n) is 8.94. The van der Waals surface area contributed by atoms with Gasteiger partial charge in [0.05, 0.1) is 7.11 Å². The highest BCUT2D eigenvalue weighted by molar-refractivity contribution is 6.31. The summed E-state index contributed by atoms with van der Waals surface area (Å²) in [7, 11) is 1.54. The fraction of sp³-hybridized carbons (Fsp3) is 0.182. The maximum Gasteiger partial charge on any atom is 0.182 e. The largest absolute Gasteiger partial charge is 0.491 e. The van der Waals surface area contributed by atoms with Gasteiger partial charge in [0, 0.05) is 17.5 Å². The van der Waals surface area contributed by atoms with Crippen LogP contribution in [0.1, 0.15) is 5.69 Å². The number of hydrogen-bond donors (Lipinski definition) is 0. The molecule has 82 valence electrons. The fourth-order valence-electron chi connectivity index (χ4n) is 1.43. The van der Waals surface area contributed by atoms with Crippen molar-refractivity contribution >= 4 is 11.6 Å². The molecule has 0 aliphatic heterocycles. The van der Waals surface area contributed by atoms with Crippen molar-refractivity contribution in [2.75, 3.05) is 7.11 Å². The molecule has 5 heteroatoms. The van der Waals surface area contributed by atoms with Crippen molar-refractivity contribution < 1.29 is 4.74 Å². The number of ether oxygens (including phenoxy) is 1. The summed E-state index contributed by atoms with van der Waals surface area (Å²) in [6.07, 6.45) is 3.13. The highest BCUT2D eigenvalue weighted by atomic mass is 35.5. The summed E-state index contributed by atoms with van der Waals surface area (Å²) >= 11 is 5.93. The van der Waals surface area contributed by atoms with Gasteiger partial charge >= 0.3 is 0 Å². The topological polar surface area (TPSA) is 47.9 Å². The van der Waals surface area contributed by atoms with Crippen LogP contribution in [0.15, 0.2) is 24.7 Å². The van der Waals surface area contributed by atoms with Crippen LogP contribution in [0.3, 0.4) is 0 Å². The molecule has 0 spiro atoms. The molecule has 0 bridgehead atoms. The molecule has 0 radical (unpaired) electrons. The minimum Gasteiger partial charge on any atom is -0.491 e. The molecule has 0 amide bonds. The number of aromatic nitrogens is 3. The average molecular weight is 236 g/mol. The third-order valence-electron chi connectivity index (χ3n) is 2.13. The molecule has 0 aromatic carbocycles. The number of methoxy groups -OCH3 is 1. The van der Waals surface area contributed by atoms with Gasteiger partial charge in [-0.25, -0.2) is 9.97 Å². The predicted molar refractivity (Wildman–Crippen MR) is 61.6 cm³/mol. The van der Waals surface area contributed by atoms with E-state index in [0.29, 0.717) is 16.6 Å². The van der Waals surface area contributed by atoms with Crippen LogP contribution < -0.4 is 4.74 Å². The highest BCUT2D eigenvalue weighted by Gasteiger charge is 2.12. The van der Waals surface area contributed by atoms with Gasteiger partial charge in [-0.2, -0.15) is 0 Å². The second-order valence-electron chi connectivity index (χ2n) is 3.23. The first kappa shape index (κ1) is 10.8. The van der Waals surface area contributed by atoms with Gasteiger partial charge in [-0.05, 0) is 19.1 Å². The Morgan fingerprint density at radius 2 is 2.06 bits per heavy atom. The molecular formula is C11H10ClN3O. The molecular weight excluding hydrogens is 226 g/mol. The summed E-state index contributed by atoms with van der Waals surface area (Å²) in [6, 6.07) is 3.77. The molecule has 0 aliphatic rings. The summed E-state index contributed by atoms with van der Waals surface area (Å²) in [5.74, 6) is 0.481. The second-order valence-corrected chi connectivity index (χ2v) is 3.59. The van der Waals surface area contributed by atoms with E-state index in [1.165, 1.54) is 6.33 Å². The third kappa shape index (κ3) is 1.97. The predicted octanol–water partition coefficient (Wildman–Crippen LogP) is 2.51. The van der Waals surface area contributed by atoms with Gasteiger partial charge in [-0.1, -0.05) is 11.6 Å². The summed E-state index contributed by atoms with van der Waals surface area (Å²) in [5, 5.41) is 0.307. The van der Waals surface area contributed by atoms with Gasteiger partial charge in [0.15, 0.2) is 10.9 Å². The molecule has 0 fully saturated rings. The molecule has 0 N–H and O–H groups in total. The average Bonchev–Trinajstić information content (AvgIpc) is 2.28. The van der Waals surface area contributed by atoms with E-state index in [1.807, 2.05) is 19.1 Å². The van der Waals surface area contributed by atoms with Gasteiger partial charge in [-0.15, -0.1) is 0 Å². The zero-order chi connectivity index (χ0) is 11.5. The fourth-order valence-corrected chi connectivity index (χ4v) is 1.64. The number of aryl methyl sites for hydroxylation is 1. The summed E-state index contributed by atoms with van der Waals surface area (Å²) in [4.78, 5) is 12.2. The van der Waals surface area contributed by atoms with E-state index in [2.05, 4.69) is 15.0 Å². The van der Waals surface area contributed by atoms with Crippen LogP contribution in [0.5, 0.6) is 5.75 Å². The lowest BCUT2D eigenvalue weighted by Crippen LogP contribution is -1.95. The van der Waals surface area contributed by atoms with E-state index in [4.69, 9.17) is 16.3 Å². The Labute approximate surface area is 98.3 Å². The maximum atomic E-state index is 5.93. The lowest BCUT2D eigenvalue weighted by Gasteiger charge is -2.08. The smallest absolute Gasteiger partial charge is 0.182 e. The molecule has 0 saturated carbocycles. The van der Waals surface area contributed by atoms with E-state index in [-0.39, 0.29) is 0 Å². The summed E-state index contributed by atoms with van der Waals surface area (Å²) in [5.41, 5.74) is 2.50. The normalized spacial score (nSPS) is 10.2. The standard InChI is InChI=1S/C11H10ClN3O/c1-7-5-8(3-4-13-7)9-10(16-2)11(12)15-6-14-9/h3-6H,1-2H3. The van der Waals surface area contributed by atoms with Crippen LogP contribution in [0.2, 0.25) is 5.15 Å². The van der Waals surface area contributed by atoms with Crippen LogP contribution in [0, 0.1) is 6.92 Å². The summed E-state index contributed by atoms with van der Waals surface area (Å²) < 4.78 is 5.19. The van der Waals surface area contributed by atoms with Gasteiger partial charge in [0.1, 0.15) is 12.0 Å². The quantitative estimate of drug-likeness (QED) is 0.751. The number of nitrogens with zero attached hydrogens (tertiary/aromatic N) is 3. The molecule has 2 aromatic heterocycles. The molecule has 0 saturated heterocycles. The van der Waals surface area contributed by atoms with Gasteiger partial charge < -0.3 is 4.74 Å². The first-order valence-corrected chi connectivity index (χ1v) is 5.07. The van der Waals surface area contributed by atoms with Crippen molar-refractivity contribution in [1.29, 1.82) is 0 Å². The summed E-state index contributed by atoms with van der Waals surface area (Å²) in [6.45, 7) is 1.92. The number of halogens is 1. The number of hydrogen-bond acceptors (Lipinski definition) is 4. The minimum atomic E-state index is 0.307. The van der Waals surface area contributed by atoms with E-state index >= 15 is 0 Å². The van der Waals surface area contributed by atoms with Gasteiger partial charge in [-0.3, -0.25) is 4.98 Å². The number of pyridine rings is 1. The van der Waals surface area contributed by atoms with E-state index in [1.54, 1.807) is 13.3 Å². The molecule has 2 heterocycles. The van der Waals surface area contributed by atoms with Crippen molar-refractivity contribution in [3.05, 3.63) is 35.5 Å². The second kappa shape index (κ2) is 4.45. The van der Waals surface area contributed by atoms with Gasteiger partial charge in [0.2, 0.25) is 0 Å². The monoisotopic (exact) mass is 235 g/mol. The Morgan fingerprint density at radius 3 is 2.75 bits per heavy atom. The van der Waals surface area contributed by atoms with Crippen molar-refractivity contribution in [1.82, 2.24) is 15.0 Å². The van der Waals surface area contributed by atoms with Crippen molar-refractivity contribution in [3.63, 3.8) is 0 Å². The first-order valence-electron chi connectivity index (χ1n) is 4.70. The molecule has 4 nitrogen and oxygen atoms in total. The first-order chi connectivity index (χ1) is 7.72. The molecule has 0 aliphatic carbocycles. The third-order valence-corrected chi connectivity index (χ3v) is 2.40. The van der Waals surface area contributed by atoms with Crippen LogP contribution in [0.25, 0.3) is 11.3 Å². The van der Waals surface area contributed by atoms with Gasteiger partial charge in [0.25, 0.3) is 0 Å². The number of rotatable bonds is 2. The SMILES string of the molecule is COc1c(Cl)ncnc1-c1ccnc(C)c1. The van der Waals surface area contributed by atoms with Crippen molar-refractivity contribution in [2.24, 2.45) is 0 Å². The molecule has 16 heavy (non-hydrogen) atoms. The maximum absolute atomic E-state index is 5.93. The van der Waals surface area contributed by atoms with Crippen LogP contribution >= 0.6 is 11.6 Å². The van der Waals surface area contributed by atoms with Crippen molar-refractivity contribution in [2.45, 2.75) is 6.92 Å². The van der Waals surface area contributed by atoms with E-state index < -0.39 is 0 Å².